The van der Waals surface area contributed by atoms with E-state index in [1.54, 1.807) is 26.4 Å². The first kappa shape index (κ1) is 23.3. The quantitative estimate of drug-likeness (QED) is 0.617. The van der Waals surface area contributed by atoms with Gasteiger partial charge >= 0.3 is 6.18 Å². The fourth-order valence-electron chi connectivity index (χ4n) is 3.41. The Labute approximate surface area is 178 Å². The molecule has 0 unspecified atom stereocenters. The molecule has 1 aliphatic heterocycles. The van der Waals surface area contributed by atoms with Gasteiger partial charge in [-0.25, -0.2) is 12.8 Å². The lowest BCUT2D eigenvalue weighted by atomic mass is 10.1. The van der Waals surface area contributed by atoms with Crippen molar-refractivity contribution in [2.24, 2.45) is 0 Å². The van der Waals surface area contributed by atoms with E-state index in [1.165, 1.54) is 0 Å². The largest absolute Gasteiger partial charge is 0.497 e. The Morgan fingerprint density at radius 1 is 0.968 bits per heavy atom. The number of piperazine rings is 1. The number of halogens is 4. The molecule has 3 rings (SSSR count). The summed E-state index contributed by atoms with van der Waals surface area (Å²) >= 11 is 0. The van der Waals surface area contributed by atoms with Gasteiger partial charge < -0.3 is 9.47 Å². The molecular formula is C20H22F4N2O4S. The van der Waals surface area contributed by atoms with Gasteiger partial charge in [-0.3, -0.25) is 4.90 Å². The molecule has 0 atom stereocenters. The summed E-state index contributed by atoms with van der Waals surface area (Å²) in [6, 6.07) is 7.11. The predicted molar refractivity (Wildman–Crippen MR) is 105 cm³/mol. The molecular weight excluding hydrogens is 440 g/mol. The van der Waals surface area contributed by atoms with Gasteiger partial charge in [0, 0.05) is 38.3 Å². The van der Waals surface area contributed by atoms with Crippen molar-refractivity contribution in [1.29, 1.82) is 0 Å². The van der Waals surface area contributed by atoms with Crippen LogP contribution in [0.3, 0.4) is 0 Å². The molecule has 0 spiro atoms. The standard InChI is InChI=1S/C20H22F4N2O4S/c1-29-15-3-6-19(30-2)14(11-15)13-25-7-9-26(10-8-25)31(27,28)16-4-5-18(21)17(12-16)20(22,23)24/h3-6,11-12H,7-10,13H2,1-2H3. The molecule has 31 heavy (non-hydrogen) atoms. The Bertz CT molecular complexity index is 1040. The summed E-state index contributed by atoms with van der Waals surface area (Å²) in [7, 11) is -1.09. The van der Waals surface area contributed by atoms with E-state index in [1.807, 2.05) is 11.0 Å². The van der Waals surface area contributed by atoms with Crippen LogP contribution in [0.15, 0.2) is 41.3 Å². The monoisotopic (exact) mass is 462 g/mol. The van der Waals surface area contributed by atoms with Crippen molar-refractivity contribution >= 4 is 10.0 Å². The number of alkyl halides is 3. The maximum atomic E-state index is 13.5. The second kappa shape index (κ2) is 9.01. The second-order valence-corrected chi connectivity index (χ2v) is 8.94. The van der Waals surface area contributed by atoms with Crippen LogP contribution in [-0.2, 0) is 22.7 Å². The van der Waals surface area contributed by atoms with Crippen LogP contribution in [0.25, 0.3) is 0 Å². The summed E-state index contributed by atoms with van der Waals surface area (Å²) in [4.78, 5) is 1.43. The van der Waals surface area contributed by atoms with Gasteiger partial charge in [0.25, 0.3) is 0 Å². The number of sulfonamides is 1. The van der Waals surface area contributed by atoms with Gasteiger partial charge in [-0.05, 0) is 36.4 Å². The van der Waals surface area contributed by atoms with Crippen LogP contribution in [0, 0.1) is 5.82 Å². The van der Waals surface area contributed by atoms with Crippen LogP contribution >= 0.6 is 0 Å². The summed E-state index contributed by atoms with van der Waals surface area (Å²) in [6.45, 7) is 1.41. The summed E-state index contributed by atoms with van der Waals surface area (Å²) < 4.78 is 89.7. The van der Waals surface area contributed by atoms with Gasteiger partial charge in [-0.15, -0.1) is 0 Å². The Kier molecular flexibility index (Phi) is 6.77. The minimum Gasteiger partial charge on any atom is -0.497 e. The fourth-order valence-corrected chi connectivity index (χ4v) is 4.85. The molecule has 170 valence electrons. The van der Waals surface area contributed by atoms with E-state index < -0.39 is 32.5 Å². The van der Waals surface area contributed by atoms with Crippen LogP contribution < -0.4 is 9.47 Å². The molecule has 0 aromatic heterocycles. The molecule has 0 saturated carbocycles. The Morgan fingerprint density at radius 2 is 1.65 bits per heavy atom. The van der Waals surface area contributed by atoms with Crippen molar-refractivity contribution in [3.8, 4) is 11.5 Å². The highest BCUT2D eigenvalue weighted by Crippen LogP contribution is 2.33. The molecule has 1 heterocycles. The molecule has 2 aromatic carbocycles. The third-order valence-corrected chi connectivity index (χ3v) is 6.99. The fraction of sp³-hybridized carbons (Fsp3) is 0.400. The number of hydrogen-bond donors (Lipinski definition) is 0. The van der Waals surface area contributed by atoms with Crippen molar-refractivity contribution in [3.05, 3.63) is 53.3 Å². The van der Waals surface area contributed by atoms with Crippen molar-refractivity contribution in [1.82, 2.24) is 9.21 Å². The van der Waals surface area contributed by atoms with E-state index in [2.05, 4.69) is 0 Å². The van der Waals surface area contributed by atoms with Gasteiger partial charge in [-0.1, -0.05) is 0 Å². The lowest BCUT2D eigenvalue weighted by molar-refractivity contribution is -0.140. The lowest BCUT2D eigenvalue weighted by Crippen LogP contribution is -2.48. The summed E-state index contributed by atoms with van der Waals surface area (Å²) in [5.41, 5.74) is -0.733. The zero-order valence-corrected chi connectivity index (χ0v) is 17.8. The molecule has 0 N–H and O–H groups in total. The highest BCUT2D eigenvalue weighted by atomic mass is 32.2. The van der Waals surface area contributed by atoms with E-state index in [4.69, 9.17) is 9.47 Å². The van der Waals surface area contributed by atoms with Crippen LogP contribution in [0.1, 0.15) is 11.1 Å². The van der Waals surface area contributed by atoms with Gasteiger partial charge in [0.15, 0.2) is 0 Å². The van der Waals surface area contributed by atoms with E-state index in [0.29, 0.717) is 43.3 Å². The van der Waals surface area contributed by atoms with Gasteiger partial charge in [0.2, 0.25) is 10.0 Å². The second-order valence-electron chi connectivity index (χ2n) is 7.00. The predicted octanol–water partition coefficient (Wildman–Crippen LogP) is 3.37. The van der Waals surface area contributed by atoms with E-state index >= 15 is 0 Å². The van der Waals surface area contributed by atoms with E-state index in [9.17, 15) is 26.0 Å². The third kappa shape index (κ3) is 5.10. The summed E-state index contributed by atoms with van der Waals surface area (Å²) in [5, 5.41) is 0. The lowest BCUT2D eigenvalue weighted by Gasteiger charge is -2.34. The van der Waals surface area contributed by atoms with Gasteiger partial charge in [0.05, 0.1) is 24.7 Å². The van der Waals surface area contributed by atoms with E-state index in [-0.39, 0.29) is 13.1 Å². The number of nitrogens with zero attached hydrogens (tertiary/aromatic N) is 2. The van der Waals surface area contributed by atoms with Crippen molar-refractivity contribution in [2.75, 3.05) is 40.4 Å². The molecule has 0 bridgehead atoms. The molecule has 0 radical (unpaired) electrons. The maximum absolute atomic E-state index is 13.5. The minimum absolute atomic E-state index is 0.0906. The number of rotatable bonds is 6. The average molecular weight is 462 g/mol. The van der Waals surface area contributed by atoms with Crippen molar-refractivity contribution in [2.45, 2.75) is 17.6 Å². The number of methoxy groups -OCH3 is 2. The summed E-state index contributed by atoms with van der Waals surface area (Å²) in [6.07, 6.45) is -4.98. The van der Waals surface area contributed by atoms with Crippen LogP contribution in [-0.4, -0.2) is 58.0 Å². The molecule has 1 aliphatic rings. The zero-order valence-electron chi connectivity index (χ0n) is 16.9. The molecule has 2 aromatic rings. The number of hydrogen-bond acceptors (Lipinski definition) is 5. The first-order valence-corrected chi connectivity index (χ1v) is 10.8. The topological polar surface area (TPSA) is 59.1 Å². The minimum atomic E-state index is -4.98. The van der Waals surface area contributed by atoms with Crippen LogP contribution in [0.5, 0.6) is 11.5 Å². The van der Waals surface area contributed by atoms with Crippen molar-refractivity contribution < 1.29 is 35.5 Å². The summed E-state index contributed by atoms with van der Waals surface area (Å²) in [5.74, 6) is -0.181. The molecule has 1 fully saturated rings. The first-order valence-electron chi connectivity index (χ1n) is 9.36. The molecule has 0 aliphatic carbocycles. The SMILES string of the molecule is COc1ccc(OC)c(CN2CCN(S(=O)(=O)c3ccc(F)c(C(F)(F)F)c3)CC2)c1. The molecule has 1 saturated heterocycles. The zero-order chi connectivity index (χ0) is 22.8. The van der Waals surface area contributed by atoms with E-state index in [0.717, 1.165) is 15.9 Å². The molecule has 0 amide bonds. The highest BCUT2D eigenvalue weighted by molar-refractivity contribution is 7.89. The number of benzene rings is 2. The first-order chi connectivity index (χ1) is 14.6. The number of ether oxygens (including phenoxy) is 2. The highest BCUT2D eigenvalue weighted by Gasteiger charge is 2.37. The Balaban J connectivity index is 1.72. The molecule has 6 nitrogen and oxygen atoms in total. The Hall–Kier alpha value is -2.37. The normalized spacial score (nSPS) is 16.3. The van der Waals surface area contributed by atoms with Gasteiger partial charge in [0.1, 0.15) is 17.3 Å². The van der Waals surface area contributed by atoms with Crippen molar-refractivity contribution in [3.63, 3.8) is 0 Å². The van der Waals surface area contributed by atoms with Gasteiger partial charge in [-0.2, -0.15) is 17.5 Å². The van der Waals surface area contributed by atoms with Crippen LogP contribution in [0.4, 0.5) is 17.6 Å². The molecule has 11 heteroatoms. The maximum Gasteiger partial charge on any atom is 0.419 e. The average Bonchev–Trinajstić information content (AvgIpc) is 2.73. The smallest absolute Gasteiger partial charge is 0.419 e. The van der Waals surface area contributed by atoms with Crippen LogP contribution in [0.2, 0.25) is 0 Å². The Morgan fingerprint density at radius 3 is 2.23 bits per heavy atom. The third-order valence-electron chi connectivity index (χ3n) is 5.09.